The zero-order valence-electron chi connectivity index (χ0n) is 2.23. The van der Waals surface area contributed by atoms with Gasteiger partial charge in [0.2, 0.25) is 0 Å². The monoisotopic (exact) mass is 160 g/mol. The van der Waals surface area contributed by atoms with E-state index in [4.69, 9.17) is 3.80 Å². The second kappa shape index (κ2) is 24.7. The van der Waals surface area contributed by atoms with Gasteiger partial charge in [0, 0.05) is 36.8 Å². The predicted molar refractivity (Wildman–Crippen MR) is 7.84 cm³/mol. The van der Waals surface area contributed by atoms with Gasteiger partial charge in [-0.1, -0.05) is 0 Å². The van der Waals surface area contributed by atoms with Gasteiger partial charge in [0.1, 0.15) is 0 Å². The van der Waals surface area contributed by atoms with E-state index in [9.17, 15) is 0 Å². The van der Waals surface area contributed by atoms with Crippen molar-refractivity contribution in [1.29, 1.82) is 0 Å². The molecule has 0 unspecified atom stereocenters. The fourth-order valence-electron chi connectivity index (χ4n) is 0. The van der Waals surface area contributed by atoms with E-state index >= 15 is 0 Å². The summed E-state index contributed by atoms with van der Waals surface area (Å²) < 4.78 is 8.28. The smallest absolute Gasteiger partial charge is 0 e. The van der Waals surface area contributed by atoms with Crippen molar-refractivity contribution >= 4 is 16.2 Å². The van der Waals surface area contributed by atoms with Crippen LogP contribution in [0.3, 0.4) is 0 Å². The molecule has 0 amide bonds. The van der Waals surface area contributed by atoms with E-state index in [1.165, 1.54) is 0 Å². The van der Waals surface area contributed by atoms with Crippen LogP contribution in [-0.4, -0.2) is 16.2 Å². The number of hydrogen-bond donors (Lipinski definition) is 0. The van der Waals surface area contributed by atoms with E-state index in [-0.39, 0.29) is 36.8 Å². The summed E-state index contributed by atoms with van der Waals surface area (Å²) in [6.07, 6.45) is 0. The van der Waals surface area contributed by atoms with E-state index in [1.54, 1.807) is 0 Å². The van der Waals surface area contributed by atoms with Crippen molar-refractivity contribution in [2.45, 2.75) is 0 Å². The summed E-state index contributed by atoms with van der Waals surface area (Å²) in [5.74, 6) is 0. The minimum Gasteiger partial charge on any atom is 0 e. The normalized spacial score (nSPS) is 0.750. The Kier molecular flexibility index (Phi) is 110. The van der Waals surface area contributed by atoms with Gasteiger partial charge in [-0.25, -0.2) is 0 Å². The predicted octanol–water partition coefficient (Wildman–Crippen LogP) is -0.772. The Hall–Kier alpha value is 1.49. The second-order valence-corrected chi connectivity index (χ2v) is 0. The molecule has 0 aromatic rings. The van der Waals surface area contributed by atoms with Gasteiger partial charge in [0.05, 0.1) is 0 Å². The third-order valence-electron chi connectivity index (χ3n) is 0. The molecule has 0 N–H and O–H groups in total. The summed E-state index contributed by atoms with van der Waals surface area (Å²) in [5, 5.41) is 0. The van der Waals surface area contributed by atoms with Crippen molar-refractivity contribution in [2.24, 2.45) is 0 Å². The van der Waals surface area contributed by atoms with Gasteiger partial charge < -0.3 is 0 Å². The van der Waals surface area contributed by atoms with Crippen LogP contribution in [-0.2, 0) is 40.6 Å². The van der Waals surface area contributed by atoms with Gasteiger partial charge in [-0.15, -0.1) is 0 Å². The zero-order valence-corrected chi connectivity index (χ0v) is 7.89. The summed E-state index contributed by atoms with van der Waals surface area (Å²) in [6.45, 7) is 0. The number of hydrogen-bond acceptors (Lipinski definition) is 1. The molecule has 0 saturated heterocycles. The molecule has 4 heavy (non-hydrogen) atoms. The van der Waals surface area contributed by atoms with Crippen molar-refractivity contribution in [2.75, 3.05) is 0 Å². The molecule has 0 atom stereocenters. The van der Waals surface area contributed by atoms with E-state index < -0.39 is 0 Å². The molecule has 4 heteroatoms. The van der Waals surface area contributed by atoms with E-state index in [1.807, 2.05) is 0 Å². The van der Waals surface area contributed by atoms with Crippen LogP contribution in [0.25, 0.3) is 0 Å². The molecule has 0 fully saturated rings. The first kappa shape index (κ1) is 17.9. The summed E-state index contributed by atoms with van der Waals surface area (Å²) in [4.78, 5) is 0. The molecular formula is HAlCrOZn. The van der Waals surface area contributed by atoms with Crippen molar-refractivity contribution in [1.82, 2.24) is 0 Å². The minimum absolute atomic E-state index is 0. The maximum absolute atomic E-state index is 8.28. The van der Waals surface area contributed by atoms with Crippen molar-refractivity contribution in [3.05, 3.63) is 0 Å². The zero-order chi connectivity index (χ0) is 2.00. The molecule has 0 bridgehead atoms. The van der Waals surface area contributed by atoms with E-state index in [0.717, 1.165) is 0 Å². The summed E-state index contributed by atoms with van der Waals surface area (Å²) in [7, 11) is 0. The maximum Gasteiger partial charge on any atom is 0 e. The van der Waals surface area contributed by atoms with Crippen LogP contribution in [0.15, 0.2) is 0 Å². The Morgan fingerprint density at radius 2 is 1.25 bits per heavy atom. The Morgan fingerprint density at radius 3 is 1.25 bits per heavy atom. The van der Waals surface area contributed by atoms with Crippen LogP contribution in [0.2, 0.25) is 0 Å². The van der Waals surface area contributed by atoms with Gasteiger partial charge in [-0.2, -0.15) is 0 Å². The van der Waals surface area contributed by atoms with Crippen molar-refractivity contribution in [3.8, 4) is 0 Å². The summed E-state index contributed by atoms with van der Waals surface area (Å²) >= 11 is 0.611. The fourth-order valence-corrected chi connectivity index (χ4v) is 0. The standard InChI is InChI=1S/Al.Cr.O.Zn.H. The first-order valence-corrected chi connectivity index (χ1v) is 0.866. The quantitative estimate of drug-likeness (QED) is 0.426. The van der Waals surface area contributed by atoms with E-state index in [0.29, 0.717) is 16.2 Å². The minimum atomic E-state index is 0. The van der Waals surface area contributed by atoms with Crippen LogP contribution < -0.4 is 0 Å². The molecule has 0 heterocycles. The molecule has 0 radical (unpaired) electrons. The molecule has 0 aliphatic rings. The van der Waals surface area contributed by atoms with Gasteiger partial charge in [0.15, 0.2) is 0 Å². The Balaban J connectivity index is -0.00000000500. The first-order valence-electron chi connectivity index (χ1n) is 0.289. The molecule has 18 valence electrons. The third kappa shape index (κ3) is 9.75. The van der Waals surface area contributed by atoms with Gasteiger partial charge >= 0.3 is 20.0 Å². The molecule has 0 spiro atoms. The molecule has 0 rings (SSSR count). The molecule has 0 saturated carbocycles. The Labute approximate surface area is 56.7 Å². The van der Waals surface area contributed by atoms with Crippen LogP contribution in [0.5, 0.6) is 0 Å². The van der Waals surface area contributed by atoms with Crippen molar-refractivity contribution < 1.29 is 40.6 Å². The Morgan fingerprint density at radius 1 is 1.25 bits per heavy atom. The molecule has 0 aromatic carbocycles. The first-order chi connectivity index (χ1) is 1.00. The van der Waals surface area contributed by atoms with Crippen LogP contribution in [0, 0.1) is 0 Å². The van der Waals surface area contributed by atoms with Crippen molar-refractivity contribution in [3.63, 3.8) is 0 Å². The average Bonchev–Trinajstić information content (AvgIpc) is 1.00. The fraction of sp³-hybridized carbons (Fsp3) is 0. The van der Waals surface area contributed by atoms with E-state index in [2.05, 4.69) is 0 Å². The second-order valence-electron chi connectivity index (χ2n) is 0. The van der Waals surface area contributed by atoms with Gasteiger partial charge in [-0.05, 0) is 0 Å². The SMILES string of the molecule is [Cr].[O]=[AlH].[Zn]. The van der Waals surface area contributed by atoms with Crippen LogP contribution in [0.4, 0.5) is 0 Å². The van der Waals surface area contributed by atoms with Crippen LogP contribution in [0.1, 0.15) is 0 Å². The average molecular weight is 161 g/mol. The Bertz CT molecular complexity index is 8.00. The molecular weight excluding hydrogens is 160 g/mol. The van der Waals surface area contributed by atoms with Crippen LogP contribution >= 0.6 is 0 Å². The van der Waals surface area contributed by atoms with Gasteiger partial charge in [0.25, 0.3) is 0 Å². The third-order valence-corrected chi connectivity index (χ3v) is 0. The van der Waals surface area contributed by atoms with Gasteiger partial charge in [-0.3, -0.25) is 0 Å². The summed E-state index contributed by atoms with van der Waals surface area (Å²) in [6, 6.07) is 0. The topological polar surface area (TPSA) is 17.1 Å². The summed E-state index contributed by atoms with van der Waals surface area (Å²) in [5.41, 5.74) is 0. The molecule has 0 aromatic heterocycles. The maximum atomic E-state index is 8.28. The molecule has 0 aliphatic heterocycles. The number of rotatable bonds is 0. The molecule has 0 aliphatic carbocycles. The molecule has 1 nitrogen and oxygen atoms in total. The largest absolute Gasteiger partial charge is 0 e.